The molecule has 0 aromatic carbocycles. The third-order valence-electron chi connectivity index (χ3n) is 3.12. The SMILES string of the molecule is CC(c1cccs1)N(C)S(=O)(=O)c1ccc(CO)cn1. The molecule has 2 aromatic rings. The van der Waals surface area contributed by atoms with Gasteiger partial charge in [-0.05, 0) is 30.0 Å². The molecule has 1 N–H and O–H groups in total. The van der Waals surface area contributed by atoms with Gasteiger partial charge in [0.05, 0.1) is 12.6 Å². The lowest BCUT2D eigenvalue weighted by Gasteiger charge is -2.22. The zero-order valence-corrected chi connectivity index (χ0v) is 12.9. The molecule has 0 aliphatic carbocycles. The molecule has 0 aliphatic rings. The molecule has 1 atom stereocenters. The molecule has 0 spiro atoms. The molecule has 108 valence electrons. The molecule has 0 fully saturated rings. The van der Waals surface area contributed by atoms with E-state index in [1.807, 2.05) is 24.4 Å². The lowest BCUT2D eigenvalue weighted by Crippen LogP contribution is -2.30. The van der Waals surface area contributed by atoms with Gasteiger partial charge in [0.1, 0.15) is 0 Å². The number of aromatic nitrogens is 1. The van der Waals surface area contributed by atoms with Crippen molar-refractivity contribution < 1.29 is 13.5 Å². The zero-order chi connectivity index (χ0) is 14.8. The van der Waals surface area contributed by atoms with Crippen molar-refractivity contribution in [2.45, 2.75) is 24.6 Å². The second kappa shape index (κ2) is 6.01. The van der Waals surface area contributed by atoms with E-state index in [0.717, 1.165) is 4.88 Å². The molecule has 2 aromatic heterocycles. The normalized spacial score (nSPS) is 13.6. The van der Waals surface area contributed by atoms with Gasteiger partial charge in [-0.25, -0.2) is 13.4 Å². The Hall–Kier alpha value is -1.28. The Bertz CT molecular complexity index is 651. The van der Waals surface area contributed by atoms with Crippen LogP contribution in [-0.4, -0.2) is 29.9 Å². The molecule has 0 saturated carbocycles. The summed E-state index contributed by atoms with van der Waals surface area (Å²) in [6.45, 7) is 1.68. The maximum absolute atomic E-state index is 12.5. The Morgan fingerprint density at radius 3 is 2.65 bits per heavy atom. The van der Waals surface area contributed by atoms with E-state index in [9.17, 15) is 8.42 Å². The van der Waals surface area contributed by atoms with Gasteiger partial charge in [-0.1, -0.05) is 12.1 Å². The smallest absolute Gasteiger partial charge is 0.260 e. The molecule has 20 heavy (non-hydrogen) atoms. The van der Waals surface area contributed by atoms with Crippen molar-refractivity contribution in [3.63, 3.8) is 0 Å². The van der Waals surface area contributed by atoms with Gasteiger partial charge in [0.25, 0.3) is 10.0 Å². The molecular weight excluding hydrogens is 296 g/mol. The first-order valence-corrected chi connectivity index (χ1v) is 8.36. The van der Waals surface area contributed by atoms with Crippen LogP contribution in [0.25, 0.3) is 0 Å². The van der Waals surface area contributed by atoms with Gasteiger partial charge in [-0.15, -0.1) is 11.3 Å². The highest BCUT2D eigenvalue weighted by atomic mass is 32.2. The maximum Gasteiger partial charge on any atom is 0.260 e. The molecule has 0 aliphatic heterocycles. The molecular formula is C13H16N2O3S2. The van der Waals surface area contributed by atoms with Gasteiger partial charge in [0.15, 0.2) is 5.03 Å². The van der Waals surface area contributed by atoms with Crippen LogP contribution in [0.5, 0.6) is 0 Å². The summed E-state index contributed by atoms with van der Waals surface area (Å²) in [5, 5.41) is 10.9. The fourth-order valence-electron chi connectivity index (χ4n) is 1.72. The number of aliphatic hydroxyl groups is 1. The summed E-state index contributed by atoms with van der Waals surface area (Å²) >= 11 is 1.52. The molecule has 5 nitrogen and oxygen atoms in total. The average molecular weight is 312 g/mol. The van der Waals surface area contributed by atoms with Crippen molar-refractivity contribution in [1.82, 2.24) is 9.29 Å². The summed E-state index contributed by atoms with van der Waals surface area (Å²) in [7, 11) is -2.10. The fraction of sp³-hybridized carbons (Fsp3) is 0.308. The van der Waals surface area contributed by atoms with Crippen molar-refractivity contribution in [1.29, 1.82) is 0 Å². The van der Waals surface area contributed by atoms with Crippen LogP contribution in [0.15, 0.2) is 40.9 Å². The number of aliphatic hydroxyl groups excluding tert-OH is 1. The second-order valence-corrected chi connectivity index (χ2v) is 7.30. The summed E-state index contributed by atoms with van der Waals surface area (Å²) < 4.78 is 26.3. The van der Waals surface area contributed by atoms with Crippen LogP contribution in [0.1, 0.15) is 23.4 Å². The summed E-state index contributed by atoms with van der Waals surface area (Å²) in [6.07, 6.45) is 1.37. The topological polar surface area (TPSA) is 70.5 Å². The van der Waals surface area contributed by atoms with E-state index in [1.54, 1.807) is 13.1 Å². The molecule has 0 saturated heterocycles. The minimum Gasteiger partial charge on any atom is -0.392 e. The van der Waals surface area contributed by atoms with Crippen LogP contribution >= 0.6 is 11.3 Å². The lowest BCUT2D eigenvalue weighted by atomic mass is 10.3. The summed E-state index contributed by atoms with van der Waals surface area (Å²) in [6, 6.07) is 6.52. The third-order valence-corrected chi connectivity index (χ3v) is 6.01. The van der Waals surface area contributed by atoms with Crippen molar-refractivity contribution in [2.75, 3.05) is 7.05 Å². The number of sulfonamides is 1. The number of rotatable bonds is 5. The molecule has 1 unspecified atom stereocenters. The Morgan fingerprint density at radius 1 is 1.40 bits per heavy atom. The molecule has 0 radical (unpaired) electrons. The molecule has 0 amide bonds. The van der Waals surface area contributed by atoms with Crippen LogP contribution in [0.2, 0.25) is 0 Å². The van der Waals surface area contributed by atoms with Crippen LogP contribution in [0, 0.1) is 0 Å². The van der Waals surface area contributed by atoms with Gasteiger partial charge in [0, 0.05) is 18.1 Å². The maximum atomic E-state index is 12.5. The highest BCUT2D eigenvalue weighted by Gasteiger charge is 2.27. The van der Waals surface area contributed by atoms with Crippen LogP contribution in [-0.2, 0) is 16.6 Å². The quantitative estimate of drug-likeness (QED) is 0.917. The number of nitrogens with zero attached hydrogens (tertiary/aromatic N) is 2. The average Bonchev–Trinajstić information content (AvgIpc) is 3.00. The summed E-state index contributed by atoms with van der Waals surface area (Å²) in [5.41, 5.74) is 0.581. The first kappa shape index (κ1) is 15.1. The van der Waals surface area contributed by atoms with Crippen LogP contribution in [0.3, 0.4) is 0 Å². The molecule has 2 heterocycles. The predicted octanol–water partition coefficient (Wildman–Crippen LogP) is 2.02. The van der Waals surface area contributed by atoms with E-state index in [0.29, 0.717) is 5.56 Å². The highest BCUT2D eigenvalue weighted by Crippen LogP contribution is 2.27. The number of hydrogen-bond acceptors (Lipinski definition) is 5. The van der Waals surface area contributed by atoms with Gasteiger partial charge < -0.3 is 5.11 Å². The van der Waals surface area contributed by atoms with E-state index in [-0.39, 0.29) is 17.7 Å². The van der Waals surface area contributed by atoms with E-state index < -0.39 is 10.0 Å². The Balaban J connectivity index is 2.29. The standard InChI is InChI=1S/C13H16N2O3S2/c1-10(12-4-3-7-19-12)15(2)20(17,18)13-6-5-11(9-16)8-14-13/h3-8,10,16H,9H2,1-2H3. The Labute approximate surface area is 122 Å². The zero-order valence-electron chi connectivity index (χ0n) is 11.2. The summed E-state index contributed by atoms with van der Waals surface area (Å²) in [4.78, 5) is 4.89. The first-order chi connectivity index (χ1) is 9.46. The second-order valence-electron chi connectivity index (χ2n) is 4.38. The summed E-state index contributed by atoms with van der Waals surface area (Å²) in [5.74, 6) is 0. The van der Waals surface area contributed by atoms with Gasteiger partial charge in [-0.2, -0.15) is 4.31 Å². The fourth-order valence-corrected chi connectivity index (χ4v) is 3.86. The Morgan fingerprint density at radius 2 is 2.15 bits per heavy atom. The molecule has 0 bridgehead atoms. The lowest BCUT2D eigenvalue weighted by molar-refractivity contribution is 0.281. The first-order valence-electron chi connectivity index (χ1n) is 6.04. The van der Waals surface area contributed by atoms with Crippen molar-refractivity contribution in [3.8, 4) is 0 Å². The van der Waals surface area contributed by atoms with E-state index in [2.05, 4.69) is 4.98 Å². The largest absolute Gasteiger partial charge is 0.392 e. The van der Waals surface area contributed by atoms with Crippen LogP contribution < -0.4 is 0 Å². The monoisotopic (exact) mass is 312 g/mol. The molecule has 2 rings (SSSR count). The van der Waals surface area contributed by atoms with Crippen molar-refractivity contribution in [2.24, 2.45) is 0 Å². The molecule has 7 heteroatoms. The van der Waals surface area contributed by atoms with Crippen molar-refractivity contribution >= 4 is 21.4 Å². The predicted molar refractivity (Wildman–Crippen MR) is 77.8 cm³/mol. The highest BCUT2D eigenvalue weighted by molar-refractivity contribution is 7.89. The Kier molecular flexibility index (Phi) is 4.54. The number of hydrogen-bond donors (Lipinski definition) is 1. The van der Waals surface area contributed by atoms with Gasteiger partial charge in [0.2, 0.25) is 0 Å². The van der Waals surface area contributed by atoms with Crippen molar-refractivity contribution in [3.05, 3.63) is 46.3 Å². The van der Waals surface area contributed by atoms with Crippen LogP contribution in [0.4, 0.5) is 0 Å². The minimum absolute atomic E-state index is 0.0133. The van der Waals surface area contributed by atoms with Gasteiger partial charge in [-0.3, -0.25) is 0 Å². The number of thiophene rings is 1. The van der Waals surface area contributed by atoms with E-state index in [4.69, 9.17) is 5.11 Å². The minimum atomic E-state index is -3.64. The van der Waals surface area contributed by atoms with E-state index in [1.165, 1.54) is 27.9 Å². The number of pyridine rings is 1. The third kappa shape index (κ3) is 2.90. The van der Waals surface area contributed by atoms with E-state index >= 15 is 0 Å². The van der Waals surface area contributed by atoms with Gasteiger partial charge >= 0.3 is 0 Å².